The van der Waals surface area contributed by atoms with Gasteiger partial charge in [0.1, 0.15) is 0 Å². The maximum absolute atomic E-state index is 12.8. The fraction of sp³-hybridized carbons (Fsp3) is 0.136. The Labute approximate surface area is 182 Å². The molecule has 0 aliphatic carbocycles. The Morgan fingerprint density at radius 1 is 1.03 bits per heavy atom. The van der Waals surface area contributed by atoms with Gasteiger partial charge in [0.25, 0.3) is 11.8 Å². The average molecular weight is 440 g/mol. The molecule has 6 nitrogen and oxygen atoms in total. The summed E-state index contributed by atoms with van der Waals surface area (Å²) in [6.45, 7) is 1.92. The van der Waals surface area contributed by atoms with E-state index in [2.05, 4.69) is 10.6 Å². The van der Waals surface area contributed by atoms with Crippen LogP contribution in [0.25, 0.3) is 0 Å². The van der Waals surface area contributed by atoms with Crippen LogP contribution in [0.15, 0.2) is 70.9 Å². The number of thiophene rings is 1. The maximum atomic E-state index is 12.8. The van der Waals surface area contributed by atoms with E-state index in [9.17, 15) is 14.4 Å². The molecule has 30 heavy (non-hydrogen) atoms. The van der Waals surface area contributed by atoms with E-state index in [0.717, 1.165) is 4.90 Å². The third-order valence-corrected chi connectivity index (χ3v) is 6.46. The van der Waals surface area contributed by atoms with Crippen LogP contribution in [0.3, 0.4) is 0 Å². The van der Waals surface area contributed by atoms with Gasteiger partial charge in [0, 0.05) is 10.6 Å². The van der Waals surface area contributed by atoms with E-state index >= 15 is 0 Å². The molecule has 1 aromatic heterocycles. The second-order valence-electron chi connectivity index (χ2n) is 6.37. The Hall–Kier alpha value is -3.10. The van der Waals surface area contributed by atoms with Crippen molar-refractivity contribution in [3.05, 3.63) is 76.5 Å². The number of hydrogen-bond acceptors (Lipinski definition) is 5. The molecule has 0 saturated carbocycles. The van der Waals surface area contributed by atoms with Gasteiger partial charge in [-0.2, -0.15) is 0 Å². The molecule has 4 N–H and O–H groups in total. The molecular formula is C22H21N3O3S2. The summed E-state index contributed by atoms with van der Waals surface area (Å²) >= 11 is 2.77. The van der Waals surface area contributed by atoms with Crippen LogP contribution in [0.2, 0.25) is 0 Å². The summed E-state index contributed by atoms with van der Waals surface area (Å²) in [5, 5.41) is 7.14. The van der Waals surface area contributed by atoms with Crippen LogP contribution in [-0.2, 0) is 4.79 Å². The number of para-hydroxylation sites is 1. The third-order valence-electron chi connectivity index (χ3n) is 4.23. The van der Waals surface area contributed by atoms with E-state index in [4.69, 9.17) is 5.73 Å². The lowest BCUT2D eigenvalue weighted by atomic mass is 10.1. The lowest BCUT2D eigenvalue weighted by Crippen LogP contribution is -2.26. The van der Waals surface area contributed by atoms with Crippen molar-refractivity contribution in [1.82, 2.24) is 0 Å². The van der Waals surface area contributed by atoms with Crippen molar-refractivity contribution in [2.45, 2.75) is 23.5 Å². The van der Waals surface area contributed by atoms with Gasteiger partial charge in [-0.25, -0.2) is 0 Å². The smallest absolute Gasteiger partial charge is 0.265 e. The Morgan fingerprint density at radius 2 is 1.83 bits per heavy atom. The molecule has 2 aromatic carbocycles. The topological polar surface area (TPSA) is 101 Å². The van der Waals surface area contributed by atoms with Crippen LogP contribution < -0.4 is 16.4 Å². The third kappa shape index (κ3) is 5.49. The van der Waals surface area contributed by atoms with Crippen molar-refractivity contribution < 1.29 is 14.4 Å². The van der Waals surface area contributed by atoms with Crippen molar-refractivity contribution in [3.8, 4) is 0 Å². The number of carbonyl (C=O) groups is 3. The molecule has 3 amide bonds. The van der Waals surface area contributed by atoms with Crippen LogP contribution in [0.4, 0.5) is 11.4 Å². The number of hydrogen-bond donors (Lipinski definition) is 3. The summed E-state index contributed by atoms with van der Waals surface area (Å²) in [5.41, 5.74) is 6.71. The molecule has 0 aliphatic heterocycles. The van der Waals surface area contributed by atoms with Crippen molar-refractivity contribution >= 4 is 52.2 Å². The lowest BCUT2D eigenvalue weighted by molar-refractivity contribution is -0.115. The first-order valence-electron chi connectivity index (χ1n) is 9.29. The van der Waals surface area contributed by atoms with Crippen LogP contribution in [0, 0.1) is 0 Å². The standard InChI is InChI=1S/C22H21N3O3S2/c1-2-18(21(27)25-17-10-4-3-9-16(17)20(23)26)30-15-8-5-7-14(13-15)24-22(28)19-11-6-12-29-19/h3-13,18H,2H2,1H3,(H2,23,26)(H,24,28)(H,25,27). The zero-order valence-corrected chi connectivity index (χ0v) is 17.9. The van der Waals surface area contributed by atoms with Gasteiger partial charge < -0.3 is 16.4 Å². The molecule has 3 aromatic rings. The van der Waals surface area contributed by atoms with Crippen LogP contribution in [0.5, 0.6) is 0 Å². The first kappa shape index (κ1) is 21.6. The monoisotopic (exact) mass is 439 g/mol. The summed E-state index contributed by atoms with van der Waals surface area (Å²) in [6, 6.07) is 17.6. The summed E-state index contributed by atoms with van der Waals surface area (Å²) in [5.74, 6) is -0.981. The van der Waals surface area contributed by atoms with E-state index in [1.165, 1.54) is 23.1 Å². The van der Waals surface area contributed by atoms with Gasteiger partial charge >= 0.3 is 0 Å². The van der Waals surface area contributed by atoms with Crippen LogP contribution in [-0.4, -0.2) is 23.0 Å². The number of thioether (sulfide) groups is 1. The molecule has 0 spiro atoms. The van der Waals surface area contributed by atoms with E-state index in [1.54, 1.807) is 36.4 Å². The van der Waals surface area contributed by atoms with E-state index in [1.807, 2.05) is 36.6 Å². The van der Waals surface area contributed by atoms with E-state index in [-0.39, 0.29) is 22.6 Å². The Bertz CT molecular complexity index is 1050. The minimum Gasteiger partial charge on any atom is -0.366 e. The Kier molecular flexibility index (Phi) is 7.26. The zero-order valence-electron chi connectivity index (χ0n) is 16.3. The van der Waals surface area contributed by atoms with Gasteiger partial charge in [0.05, 0.1) is 21.4 Å². The zero-order chi connectivity index (χ0) is 21.5. The Balaban J connectivity index is 1.69. The maximum Gasteiger partial charge on any atom is 0.265 e. The number of amides is 3. The summed E-state index contributed by atoms with van der Waals surface area (Å²) in [7, 11) is 0. The largest absolute Gasteiger partial charge is 0.366 e. The van der Waals surface area contributed by atoms with Crippen molar-refractivity contribution in [3.63, 3.8) is 0 Å². The van der Waals surface area contributed by atoms with Gasteiger partial charge in [-0.15, -0.1) is 23.1 Å². The van der Waals surface area contributed by atoms with Gasteiger partial charge in [0.15, 0.2) is 0 Å². The molecular weight excluding hydrogens is 418 g/mol. The normalized spacial score (nSPS) is 11.5. The predicted molar refractivity (Wildman–Crippen MR) is 122 cm³/mol. The minimum atomic E-state index is -0.596. The SMILES string of the molecule is CCC(Sc1cccc(NC(=O)c2cccs2)c1)C(=O)Nc1ccccc1C(N)=O. The fourth-order valence-corrected chi connectivity index (χ4v) is 4.39. The molecule has 8 heteroatoms. The van der Waals surface area contributed by atoms with E-state index < -0.39 is 5.91 Å². The first-order chi connectivity index (χ1) is 14.5. The molecule has 0 radical (unpaired) electrons. The number of nitrogens with one attached hydrogen (secondary N) is 2. The molecule has 3 rings (SSSR count). The van der Waals surface area contributed by atoms with Gasteiger partial charge in [-0.3, -0.25) is 14.4 Å². The average Bonchev–Trinajstić information content (AvgIpc) is 3.27. The molecule has 0 bridgehead atoms. The van der Waals surface area contributed by atoms with Crippen LogP contribution in [0.1, 0.15) is 33.4 Å². The predicted octanol–water partition coefficient (Wildman–Crippen LogP) is 4.61. The Morgan fingerprint density at radius 3 is 2.53 bits per heavy atom. The van der Waals surface area contributed by atoms with Crippen molar-refractivity contribution in [1.29, 1.82) is 0 Å². The molecule has 1 unspecified atom stereocenters. The van der Waals surface area contributed by atoms with Crippen molar-refractivity contribution in [2.75, 3.05) is 10.6 Å². The van der Waals surface area contributed by atoms with Crippen molar-refractivity contribution in [2.24, 2.45) is 5.73 Å². The number of primary amides is 1. The van der Waals surface area contributed by atoms with E-state index in [0.29, 0.717) is 22.7 Å². The molecule has 0 saturated heterocycles. The quantitative estimate of drug-likeness (QED) is 0.446. The lowest BCUT2D eigenvalue weighted by Gasteiger charge is -2.16. The molecule has 1 atom stereocenters. The number of benzene rings is 2. The molecule has 1 heterocycles. The van der Waals surface area contributed by atoms with Gasteiger partial charge in [-0.05, 0) is 48.2 Å². The fourth-order valence-electron chi connectivity index (χ4n) is 2.75. The molecule has 0 fully saturated rings. The summed E-state index contributed by atoms with van der Waals surface area (Å²) < 4.78 is 0. The summed E-state index contributed by atoms with van der Waals surface area (Å²) in [4.78, 5) is 38.1. The summed E-state index contributed by atoms with van der Waals surface area (Å²) in [6.07, 6.45) is 0.584. The highest BCUT2D eigenvalue weighted by Gasteiger charge is 2.20. The van der Waals surface area contributed by atoms with Gasteiger partial charge in [0.2, 0.25) is 5.91 Å². The van der Waals surface area contributed by atoms with Crippen LogP contribution >= 0.6 is 23.1 Å². The number of rotatable bonds is 8. The molecule has 154 valence electrons. The molecule has 0 aliphatic rings. The highest BCUT2D eigenvalue weighted by Crippen LogP contribution is 2.29. The first-order valence-corrected chi connectivity index (χ1v) is 11.0. The highest BCUT2D eigenvalue weighted by atomic mass is 32.2. The second kappa shape index (κ2) is 10.1. The highest BCUT2D eigenvalue weighted by molar-refractivity contribution is 8.00. The second-order valence-corrected chi connectivity index (χ2v) is 8.60. The number of anilines is 2. The number of nitrogens with two attached hydrogens (primary N) is 1. The van der Waals surface area contributed by atoms with Gasteiger partial charge in [-0.1, -0.05) is 31.2 Å². The minimum absolute atomic E-state index is 0.167. The number of carbonyl (C=O) groups excluding carboxylic acids is 3.